The molecule has 0 aromatic carbocycles. The second-order valence-corrected chi connectivity index (χ2v) is 10.7. The van der Waals surface area contributed by atoms with E-state index < -0.39 is 18.0 Å². The van der Waals surface area contributed by atoms with Gasteiger partial charge in [0.25, 0.3) is 0 Å². The predicted molar refractivity (Wildman–Crippen MR) is 143 cm³/mol. The minimum Gasteiger partial charge on any atom is -0.351 e. The van der Waals surface area contributed by atoms with Crippen molar-refractivity contribution in [1.29, 1.82) is 0 Å². The van der Waals surface area contributed by atoms with Crippen LogP contribution in [-0.2, 0) is 19.2 Å². The monoisotopic (exact) mass is 509 g/mol. The number of hydrogen-bond acceptors (Lipinski definition) is 5. The largest absolute Gasteiger partial charge is 0.351 e. The van der Waals surface area contributed by atoms with Gasteiger partial charge in [0.2, 0.25) is 23.6 Å². The summed E-state index contributed by atoms with van der Waals surface area (Å²) in [6.07, 6.45) is 10.9. The maximum Gasteiger partial charge on any atom is 0.243 e. The third-order valence-corrected chi connectivity index (χ3v) is 6.63. The molecule has 0 aromatic rings. The second-order valence-electron chi connectivity index (χ2n) is 10.7. The molecule has 0 spiro atoms. The minimum absolute atomic E-state index is 0.113. The molecule has 9 nitrogen and oxygen atoms in total. The van der Waals surface area contributed by atoms with Gasteiger partial charge in [-0.2, -0.15) is 0 Å². The lowest BCUT2D eigenvalue weighted by molar-refractivity contribution is -0.133. The third-order valence-electron chi connectivity index (χ3n) is 6.63. The number of unbranched alkanes of at least 4 members (excludes halogenated alkanes) is 7. The van der Waals surface area contributed by atoms with Gasteiger partial charge in [-0.05, 0) is 52.2 Å². The number of nitrogens with zero attached hydrogens (tertiary/aromatic N) is 1. The lowest BCUT2D eigenvalue weighted by atomic mass is 9.99. The van der Waals surface area contributed by atoms with E-state index in [1.165, 1.54) is 25.7 Å². The molecule has 36 heavy (non-hydrogen) atoms. The molecular weight excluding hydrogens is 458 g/mol. The summed E-state index contributed by atoms with van der Waals surface area (Å²) < 4.78 is 0. The third kappa shape index (κ3) is 13.8. The van der Waals surface area contributed by atoms with Crippen molar-refractivity contribution in [3.8, 4) is 0 Å². The molecule has 1 fully saturated rings. The zero-order valence-electron chi connectivity index (χ0n) is 23.3. The molecule has 3 atom stereocenters. The van der Waals surface area contributed by atoms with Gasteiger partial charge in [-0.3, -0.25) is 19.2 Å². The summed E-state index contributed by atoms with van der Waals surface area (Å²) in [5.74, 6) is -1.47. The summed E-state index contributed by atoms with van der Waals surface area (Å²) in [7, 11) is 3.98. The van der Waals surface area contributed by atoms with Gasteiger partial charge in [-0.25, -0.2) is 0 Å². The first kappa shape index (κ1) is 31.9. The summed E-state index contributed by atoms with van der Waals surface area (Å²) >= 11 is 0. The average molecular weight is 510 g/mol. The van der Waals surface area contributed by atoms with Crippen LogP contribution in [0, 0.1) is 5.92 Å². The van der Waals surface area contributed by atoms with E-state index in [1.54, 1.807) is 0 Å². The van der Waals surface area contributed by atoms with Crippen LogP contribution in [0.15, 0.2) is 0 Å². The molecule has 1 rings (SSSR count). The van der Waals surface area contributed by atoms with E-state index in [1.807, 2.05) is 27.9 Å². The first-order valence-electron chi connectivity index (χ1n) is 14.0. The van der Waals surface area contributed by atoms with Crippen molar-refractivity contribution in [2.75, 3.05) is 27.2 Å². The summed E-state index contributed by atoms with van der Waals surface area (Å²) in [4.78, 5) is 53.4. The van der Waals surface area contributed by atoms with E-state index in [0.29, 0.717) is 12.8 Å². The minimum atomic E-state index is -0.755. The van der Waals surface area contributed by atoms with Crippen LogP contribution in [0.2, 0.25) is 0 Å². The number of rotatable bonds is 14. The lowest BCUT2D eigenvalue weighted by Crippen LogP contribution is -2.56. The van der Waals surface area contributed by atoms with Crippen molar-refractivity contribution in [3.63, 3.8) is 0 Å². The van der Waals surface area contributed by atoms with E-state index in [2.05, 4.69) is 33.1 Å². The van der Waals surface area contributed by atoms with Gasteiger partial charge in [0.1, 0.15) is 12.1 Å². The quantitative estimate of drug-likeness (QED) is 0.268. The van der Waals surface area contributed by atoms with Gasteiger partial charge >= 0.3 is 0 Å². The Labute approximate surface area is 218 Å². The zero-order chi connectivity index (χ0) is 26.9. The van der Waals surface area contributed by atoms with E-state index in [4.69, 9.17) is 0 Å². The Kier molecular flexibility index (Phi) is 16.1. The van der Waals surface area contributed by atoms with Gasteiger partial charge in [-0.15, -0.1) is 0 Å². The van der Waals surface area contributed by atoms with Gasteiger partial charge in [0.15, 0.2) is 0 Å². The van der Waals surface area contributed by atoms with E-state index in [0.717, 1.165) is 38.6 Å². The summed E-state index contributed by atoms with van der Waals surface area (Å²) in [5, 5.41) is 11.3. The van der Waals surface area contributed by atoms with Gasteiger partial charge in [0.05, 0.1) is 6.54 Å². The van der Waals surface area contributed by atoms with Crippen LogP contribution in [-0.4, -0.2) is 73.8 Å². The molecule has 0 unspecified atom stereocenters. The van der Waals surface area contributed by atoms with Crippen LogP contribution < -0.4 is 21.3 Å². The normalized spacial score (nSPS) is 22.2. The van der Waals surface area contributed by atoms with Crippen LogP contribution in [0.4, 0.5) is 0 Å². The Morgan fingerprint density at radius 1 is 0.778 bits per heavy atom. The molecule has 0 bridgehead atoms. The zero-order valence-corrected chi connectivity index (χ0v) is 23.3. The Hall–Kier alpha value is -2.16. The smallest absolute Gasteiger partial charge is 0.243 e. The van der Waals surface area contributed by atoms with Gasteiger partial charge < -0.3 is 26.2 Å². The number of carbonyl (C=O) groups excluding carboxylic acids is 4. The fourth-order valence-corrected chi connectivity index (χ4v) is 4.42. The number of hydrogen-bond donors (Lipinski definition) is 4. The van der Waals surface area contributed by atoms with Crippen molar-refractivity contribution in [2.45, 2.75) is 116 Å². The van der Waals surface area contributed by atoms with E-state index in [-0.39, 0.29) is 42.6 Å². The molecule has 0 radical (unpaired) electrons. The molecule has 1 aliphatic heterocycles. The van der Waals surface area contributed by atoms with Crippen molar-refractivity contribution in [2.24, 2.45) is 5.92 Å². The van der Waals surface area contributed by atoms with Crippen molar-refractivity contribution in [1.82, 2.24) is 26.2 Å². The molecule has 0 aromatic heterocycles. The molecule has 4 N–H and O–H groups in total. The Balaban J connectivity index is 2.86. The standard InChI is InChI=1S/C27H51N5O4/c1-6-7-8-9-10-11-12-15-21-18-23(33)28-19-24(34)30-22(16-13-14-17-32(4)5)26(35)31-25(20(2)3)27(36)29-21/h20-22,25H,6-19H2,1-5H3,(H,28,33)(H,29,36)(H,30,34)(H,31,35)/t21-,22+,25+/m1/s1. The van der Waals surface area contributed by atoms with Crippen molar-refractivity contribution < 1.29 is 19.2 Å². The summed E-state index contributed by atoms with van der Waals surface area (Å²) in [6, 6.07) is -1.83. The fourth-order valence-electron chi connectivity index (χ4n) is 4.42. The van der Waals surface area contributed by atoms with Crippen LogP contribution in [0.3, 0.4) is 0 Å². The molecule has 1 aliphatic rings. The fraction of sp³-hybridized carbons (Fsp3) is 0.852. The molecule has 0 saturated carbocycles. The highest BCUT2D eigenvalue weighted by Crippen LogP contribution is 2.13. The first-order chi connectivity index (χ1) is 17.1. The molecule has 0 aliphatic carbocycles. The van der Waals surface area contributed by atoms with Crippen LogP contribution in [0.5, 0.6) is 0 Å². The Bertz CT molecular complexity index is 683. The topological polar surface area (TPSA) is 120 Å². The molecule has 4 amide bonds. The Morgan fingerprint density at radius 2 is 1.42 bits per heavy atom. The lowest BCUT2D eigenvalue weighted by Gasteiger charge is -2.27. The molecule has 9 heteroatoms. The maximum absolute atomic E-state index is 13.2. The highest BCUT2D eigenvalue weighted by Gasteiger charge is 2.30. The average Bonchev–Trinajstić information content (AvgIpc) is 2.81. The van der Waals surface area contributed by atoms with Crippen LogP contribution in [0.25, 0.3) is 0 Å². The molecule has 1 saturated heterocycles. The van der Waals surface area contributed by atoms with Crippen molar-refractivity contribution in [3.05, 3.63) is 0 Å². The highest BCUT2D eigenvalue weighted by molar-refractivity contribution is 5.94. The number of amides is 4. The van der Waals surface area contributed by atoms with Crippen LogP contribution in [0.1, 0.15) is 97.8 Å². The molecule has 1 heterocycles. The van der Waals surface area contributed by atoms with Gasteiger partial charge in [-0.1, -0.05) is 65.7 Å². The first-order valence-corrected chi connectivity index (χ1v) is 14.0. The summed E-state index contributed by atoms with van der Waals surface area (Å²) in [6.45, 7) is 6.65. The summed E-state index contributed by atoms with van der Waals surface area (Å²) in [5.41, 5.74) is 0. The van der Waals surface area contributed by atoms with E-state index in [9.17, 15) is 19.2 Å². The molecular formula is C27H51N5O4. The number of carbonyl (C=O) groups is 4. The maximum atomic E-state index is 13.2. The second kappa shape index (κ2) is 18.1. The molecule has 208 valence electrons. The van der Waals surface area contributed by atoms with Gasteiger partial charge in [0, 0.05) is 12.5 Å². The van der Waals surface area contributed by atoms with E-state index >= 15 is 0 Å². The Morgan fingerprint density at radius 3 is 2.06 bits per heavy atom. The highest BCUT2D eigenvalue weighted by atomic mass is 16.2. The predicted octanol–water partition coefficient (Wildman–Crippen LogP) is 2.49. The SMILES string of the molecule is CCCCCCCCC[C@@H]1CC(=O)NCC(=O)N[C@@H](CCCCN(C)C)C(=O)N[C@@H](C(C)C)C(=O)N1. The van der Waals surface area contributed by atoms with Crippen LogP contribution >= 0.6 is 0 Å². The van der Waals surface area contributed by atoms with Crippen molar-refractivity contribution >= 4 is 23.6 Å². The number of nitrogens with one attached hydrogen (secondary N) is 4.